The van der Waals surface area contributed by atoms with Crippen LogP contribution < -0.4 is 15.0 Å². The molecule has 7 heteroatoms. The molecule has 31 heavy (non-hydrogen) atoms. The Labute approximate surface area is 185 Å². The van der Waals surface area contributed by atoms with E-state index in [0.717, 1.165) is 43.5 Å². The van der Waals surface area contributed by atoms with E-state index in [1.54, 1.807) is 11.3 Å². The lowest BCUT2D eigenvalue weighted by Crippen LogP contribution is -2.43. The fraction of sp³-hybridized carbons (Fsp3) is 0.292. The molecule has 0 fully saturated rings. The fourth-order valence-electron chi connectivity index (χ4n) is 4.02. The van der Waals surface area contributed by atoms with Crippen molar-refractivity contribution in [2.45, 2.75) is 34.6 Å². The Balaban J connectivity index is 1.62. The third kappa shape index (κ3) is 4.18. The second-order valence-electron chi connectivity index (χ2n) is 7.91. The van der Waals surface area contributed by atoms with E-state index in [1.165, 1.54) is 4.90 Å². The first kappa shape index (κ1) is 21.1. The maximum Gasteiger partial charge on any atom is 0.265 e. The second kappa shape index (κ2) is 8.15. The van der Waals surface area contributed by atoms with Crippen LogP contribution in [0, 0.1) is 34.6 Å². The van der Waals surface area contributed by atoms with Crippen LogP contribution >= 0.6 is 11.3 Å². The Morgan fingerprint density at radius 2 is 1.84 bits per heavy atom. The number of anilines is 2. The number of carbonyl (C=O) groups is 2. The van der Waals surface area contributed by atoms with Crippen LogP contribution in [0.15, 0.2) is 30.3 Å². The molecule has 4 rings (SSSR count). The van der Waals surface area contributed by atoms with Crippen molar-refractivity contribution in [3.05, 3.63) is 56.9 Å². The number of ether oxygens (including phenoxy) is 1. The number of hydrogen-bond acceptors (Lipinski definition) is 5. The maximum atomic E-state index is 12.9. The van der Waals surface area contributed by atoms with E-state index in [2.05, 4.69) is 10.3 Å². The molecule has 1 aliphatic rings. The number of carbonyl (C=O) groups excluding carboxylic acids is 2. The van der Waals surface area contributed by atoms with Crippen LogP contribution in [0.25, 0.3) is 11.3 Å². The minimum absolute atomic E-state index is 0.0829. The first-order chi connectivity index (χ1) is 14.7. The molecule has 0 saturated carbocycles. The Morgan fingerprint density at radius 3 is 2.48 bits per heavy atom. The van der Waals surface area contributed by atoms with Crippen LogP contribution in [0.4, 0.5) is 11.4 Å². The minimum atomic E-state index is -0.248. The van der Waals surface area contributed by atoms with Gasteiger partial charge < -0.3 is 10.1 Å². The molecule has 0 radical (unpaired) electrons. The third-order valence-electron chi connectivity index (χ3n) is 5.32. The van der Waals surface area contributed by atoms with Crippen LogP contribution in [0.2, 0.25) is 0 Å². The fourth-order valence-corrected chi connectivity index (χ4v) is 4.86. The average molecular weight is 436 g/mol. The van der Waals surface area contributed by atoms with Crippen LogP contribution in [-0.2, 0) is 9.59 Å². The highest BCUT2D eigenvalue weighted by molar-refractivity contribution is 7.11. The van der Waals surface area contributed by atoms with Gasteiger partial charge in [-0.25, -0.2) is 4.98 Å². The number of nitrogens with one attached hydrogen (secondary N) is 1. The average Bonchev–Trinajstić information content (AvgIpc) is 3.04. The molecular formula is C24H25N3O3S. The molecule has 1 aliphatic heterocycles. The molecule has 2 amide bonds. The first-order valence-electron chi connectivity index (χ1n) is 10.1. The second-order valence-corrected chi connectivity index (χ2v) is 9.32. The Bertz CT molecular complexity index is 1180. The summed E-state index contributed by atoms with van der Waals surface area (Å²) in [6.07, 6.45) is 0. The summed E-state index contributed by atoms with van der Waals surface area (Å²) in [5, 5.41) is 3.96. The molecule has 1 N–H and O–H groups in total. The van der Waals surface area contributed by atoms with Gasteiger partial charge in [-0.1, -0.05) is 17.7 Å². The smallest absolute Gasteiger partial charge is 0.265 e. The Morgan fingerprint density at radius 1 is 1.13 bits per heavy atom. The lowest BCUT2D eigenvalue weighted by atomic mass is 10.0. The first-order valence-corrected chi connectivity index (χ1v) is 10.9. The third-order valence-corrected chi connectivity index (χ3v) is 6.21. The zero-order chi connectivity index (χ0) is 22.3. The Kier molecular flexibility index (Phi) is 5.54. The van der Waals surface area contributed by atoms with Gasteiger partial charge >= 0.3 is 0 Å². The van der Waals surface area contributed by atoms with Gasteiger partial charge in [0.1, 0.15) is 12.3 Å². The molecule has 2 heterocycles. The van der Waals surface area contributed by atoms with Gasteiger partial charge in [0.05, 0.1) is 16.4 Å². The number of amides is 2. The summed E-state index contributed by atoms with van der Waals surface area (Å²) in [6, 6.07) is 9.71. The van der Waals surface area contributed by atoms with Gasteiger partial charge in [-0.15, -0.1) is 11.3 Å². The molecular weight excluding hydrogens is 410 g/mol. The zero-order valence-electron chi connectivity index (χ0n) is 18.3. The predicted molar refractivity (Wildman–Crippen MR) is 124 cm³/mol. The lowest BCUT2D eigenvalue weighted by molar-refractivity contribution is -0.123. The van der Waals surface area contributed by atoms with Crippen molar-refractivity contribution >= 4 is 34.5 Å². The number of aromatic nitrogens is 1. The molecule has 0 saturated heterocycles. The SMILES string of the molecule is Cc1cc(C)c(NC(=O)CN2C(=O)COc3ccc(-c4nc(C)sc4C)cc32)c(C)c1. The number of thiazole rings is 1. The van der Waals surface area contributed by atoms with E-state index in [1.807, 2.05) is 65.0 Å². The highest BCUT2D eigenvalue weighted by atomic mass is 32.1. The zero-order valence-corrected chi connectivity index (χ0v) is 19.1. The van der Waals surface area contributed by atoms with Crippen LogP contribution in [0.5, 0.6) is 5.75 Å². The number of aryl methyl sites for hydroxylation is 5. The number of nitrogens with zero attached hydrogens (tertiary/aromatic N) is 2. The van der Waals surface area contributed by atoms with E-state index < -0.39 is 0 Å². The predicted octanol–water partition coefficient (Wildman–Crippen LogP) is 4.72. The largest absolute Gasteiger partial charge is 0.482 e. The van der Waals surface area contributed by atoms with E-state index in [-0.39, 0.29) is 25.0 Å². The highest BCUT2D eigenvalue weighted by Gasteiger charge is 2.28. The molecule has 1 aromatic heterocycles. The quantitative estimate of drug-likeness (QED) is 0.644. The number of rotatable bonds is 4. The molecule has 0 aliphatic carbocycles. The lowest BCUT2D eigenvalue weighted by Gasteiger charge is -2.29. The van der Waals surface area contributed by atoms with Crippen molar-refractivity contribution in [3.8, 4) is 17.0 Å². The van der Waals surface area contributed by atoms with Crippen LogP contribution in [0.3, 0.4) is 0 Å². The number of benzene rings is 2. The van der Waals surface area contributed by atoms with Crippen molar-refractivity contribution < 1.29 is 14.3 Å². The van der Waals surface area contributed by atoms with Gasteiger partial charge in [0.25, 0.3) is 5.91 Å². The van der Waals surface area contributed by atoms with Crippen molar-refractivity contribution in [2.24, 2.45) is 0 Å². The molecule has 160 valence electrons. The van der Waals surface area contributed by atoms with Gasteiger partial charge in [0, 0.05) is 16.1 Å². The van der Waals surface area contributed by atoms with Crippen molar-refractivity contribution in [1.82, 2.24) is 4.98 Å². The van der Waals surface area contributed by atoms with Crippen LogP contribution in [-0.4, -0.2) is 29.9 Å². The van der Waals surface area contributed by atoms with Gasteiger partial charge in [0.15, 0.2) is 6.61 Å². The molecule has 2 aromatic carbocycles. The van der Waals surface area contributed by atoms with Gasteiger partial charge in [-0.05, 0) is 63.9 Å². The molecule has 0 spiro atoms. The van der Waals surface area contributed by atoms with Crippen LogP contribution in [0.1, 0.15) is 26.6 Å². The van der Waals surface area contributed by atoms with Gasteiger partial charge in [0.2, 0.25) is 5.91 Å². The molecule has 0 bridgehead atoms. The standard InChI is InChI=1S/C24H25N3O3S/c1-13-8-14(2)23(15(3)9-13)26-21(28)11-27-19-10-18(24-16(4)31-17(5)25-24)6-7-20(19)30-12-22(27)29/h6-10H,11-12H2,1-5H3,(H,26,28). The van der Waals surface area contributed by atoms with E-state index in [4.69, 9.17) is 4.74 Å². The molecule has 0 atom stereocenters. The highest BCUT2D eigenvalue weighted by Crippen LogP contribution is 2.37. The topological polar surface area (TPSA) is 71.5 Å². The Hall–Kier alpha value is -3.19. The summed E-state index contributed by atoms with van der Waals surface area (Å²) in [4.78, 5) is 32.7. The number of hydrogen-bond donors (Lipinski definition) is 1. The summed E-state index contributed by atoms with van der Waals surface area (Å²) < 4.78 is 5.60. The maximum absolute atomic E-state index is 12.9. The van der Waals surface area contributed by atoms with E-state index in [0.29, 0.717) is 11.4 Å². The van der Waals surface area contributed by atoms with E-state index >= 15 is 0 Å². The van der Waals surface area contributed by atoms with E-state index in [9.17, 15) is 9.59 Å². The monoisotopic (exact) mass is 435 g/mol. The van der Waals surface area contributed by atoms with Gasteiger partial charge in [-0.2, -0.15) is 0 Å². The van der Waals surface area contributed by atoms with Crippen molar-refractivity contribution in [3.63, 3.8) is 0 Å². The van der Waals surface area contributed by atoms with Crippen molar-refractivity contribution in [2.75, 3.05) is 23.4 Å². The summed E-state index contributed by atoms with van der Waals surface area (Å²) in [5.41, 5.74) is 6.30. The molecule has 6 nitrogen and oxygen atoms in total. The normalized spacial score (nSPS) is 13.1. The summed E-state index contributed by atoms with van der Waals surface area (Å²) in [7, 11) is 0. The van der Waals surface area contributed by atoms with Crippen molar-refractivity contribution in [1.29, 1.82) is 0 Å². The summed E-state index contributed by atoms with van der Waals surface area (Å²) in [5.74, 6) is 0.0918. The van der Waals surface area contributed by atoms with Gasteiger partial charge in [-0.3, -0.25) is 14.5 Å². The molecule has 3 aromatic rings. The molecule has 0 unspecified atom stereocenters. The number of fused-ring (bicyclic) bond motifs is 1. The summed E-state index contributed by atoms with van der Waals surface area (Å²) >= 11 is 1.63. The minimum Gasteiger partial charge on any atom is -0.482 e. The summed E-state index contributed by atoms with van der Waals surface area (Å²) in [6.45, 7) is 9.79.